The SMILES string of the molecule is [2H]c1c([2H])c([2H])c(-c2cccc3sc4ccc(-c5c([2H])c([2H])c([2H])c(C)c5[2H])c(C(C)(C)C)c4c23)c([2H])c1[2H]. The van der Waals surface area contributed by atoms with E-state index in [2.05, 4.69) is 0 Å². The van der Waals surface area contributed by atoms with Crippen LogP contribution in [0.3, 0.4) is 0 Å². The van der Waals surface area contributed by atoms with Gasteiger partial charge in [0.25, 0.3) is 0 Å². The molecule has 0 saturated carbocycles. The minimum absolute atomic E-state index is 0.0382. The van der Waals surface area contributed by atoms with Gasteiger partial charge in [-0.05, 0) is 52.3 Å². The highest BCUT2D eigenvalue weighted by molar-refractivity contribution is 7.26. The zero-order valence-electron chi connectivity index (χ0n) is 26.3. The summed E-state index contributed by atoms with van der Waals surface area (Å²) < 4.78 is 77.6. The summed E-state index contributed by atoms with van der Waals surface area (Å²) in [5.41, 5.74) is 2.24. The normalized spacial score (nSPS) is 16.2. The summed E-state index contributed by atoms with van der Waals surface area (Å²) >= 11 is 1.53. The summed E-state index contributed by atoms with van der Waals surface area (Å²) in [7, 11) is 0. The molecule has 1 heteroatoms. The van der Waals surface area contributed by atoms with Crippen LogP contribution in [0.25, 0.3) is 42.4 Å². The first-order valence-electron chi connectivity index (χ1n) is 14.3. The van der Waals surface area contributed by atoms with Crippen molar-refractivity contribution in [2.45, 2.75) is 33.1 Å². The van der Waals surface area contributed by atoms with E-state index in [-0.39, 0.29) is 41.8 Å². The van der Waals surface area contributed by atoms with Crippen molar-refractivity contribution in [3.8, 4) is 22.3 Å². The second-order valence-electron chi connectivity index (χ2n) is 8.39. The van der Waals surface area contributed by atoms with Gasteiger partial charge in [-0.1, -0.05) is 98.9 Å². The maximum atomic E-state index is 8.82. The van der Waals surface area contributed by atoms with E-state index in [1.807, 2.05) is 45.0 Å². The standard InChI is InChI=1S/C29H26S/c1-19-10-8-13-21(18-19)23-16-17-25-27(28(23)29(2,3)4)26-22(14-9-15-24(26)30-25)20-11-6-5-7-12-20/h5-18H,1-4H3/i5D,6D,7D,8D,10D,11D,12D,13D,18D. The quantitative estimate of drug-likeness (QED) is 0.270. The third-order valence-electron chi connectivity index (χ3n) is 5.20. The van der Waals surface area contributed by atoms with Crippen molar-refractivity contribution in [3.05, 3.63) is 95.8 Å². The topological polar surface area (TPSA) is 0 Å². The van der Waals surface area contributed by atoms with Crippen LogP contribution in [-0.4, -0.2) is 0 Å². The molecule has 5 aromatic rings. The first-order valence-corrected chi connectivity index (χ1v) is 10.6. The van der Waals surface area contributed by atoms with E-state index in [1.165, 1.54) is 11.3 Å². The van der Waals surface area contributed by atoms with Crippen LogP contribution in [-0.2, 0) is 5.41 Å². The van der Waals surface area contributed by atoms with Gasteiger partial charge in [0.05, 0.1) is 12.3 Å². The summed E-state index contributed by atoms with van der Waals surface area (Å²) in [6.45, 7) is 7.71. The lowest BCUT2D eigenvalue weighted by molar-refractivity contribution is 0.598. The lowest BCUT2D eigenvalue weighted by atomic mass is 9.78. The molecule has 0 unspecified atom stereocenters. The monoisotopic (exact) mass is 415 g/mol. The van der Waals surface area contributed by atoms with E-state index >= 15 is 0 Å². The fourth-order valence-electron chi connectivity index (χ4n) is 4.06. The molecule has 5 rings (SSSR count). The molecule has 0 aliphatic heterocycles. The van der Waals surface area contributed by atoms with Gasteiger partial charge in [-0.15, -0.1) is 11.3 Å². The summed E-state index contributed by atoms with van der Waals surface area (Å²) in [5.74, 6) is 0. The van der Waals surface area contributed by atoms with Gasteiger partial charge in [0.15, 0.2) is 0 Å². The van der Waals surface area contributed by atoms with E-state index in [4.69, 9.17) is 12.3 Å². The van der Waals surface area contributed by atoms with Crippen LogP contribution in [0, 0.1) is 6.92 Å². The summed E-state index contributed by atoms with van der Waals surface area (Å²) in [6.07, 6.45) is 0. The molecule has 0 aliphatic rings. The van der Waals surface area contributed by atoms with Crippen LogP contribution in [0.5, 0.6) is 0 Å². The number of thiophene rings is 1. The van der Waals surface area contributed by atoms with Crippen LogP contribution < -0.4 is 0 Å². The predicted octanol–water partition coefficient (Wildman–Crippen LogP) is 8.99. The molecule has 1 heterocycles. The first kappa shape index (κ1) is 11.5. The van der Waals surface area contributed by atoms with Crippen molar-refractivity contribution in [2.75, 3.05) is 0 Å². The molecule has 0 N–H and O–H groups in total. The second-order valence-corrected chi connectivity index (χ2v) is 9.48. The molecule has 0 fully saturated rings. The van der Waals surface area contributed by atoms with Crippen LogP contribution in [0.2, 0.25) is 0 Å². The van der Waals surface area contributed by atoms with Crippen molar-refractivity contribution >= 4 is 31.5 Å². The lowest BCUT2D eigenvalue weighted by Crippen LogP contribution is -2.13. The van der Waals surface area contributed by atoms with Gasteiger partial charge in [0.2, 0.25) is 0 Å². The Kier molecular flexibility index (Phi) is 2.72. The van der Waals surface area contributed by atoms with Crippen molar-refractivity contribution in [1.82, 2.24) is 0 Å². The molecular formula is C29H26S. The van der Waals surface area contributed by atoms with E-state index in [0.29, 0.717) is 22.3 Å². The Morgan fingerprint density at radius 2 is 1.47 bits per heavy atom. The van der Waals surface area contributed by atoms with Crippen LogP contribution in [0.1, 0.15) is 44.2 Å². The molecule has 0 amide bonds. The van der Waals surface area contributed by atoms with Gasteiger partial charge in [-0.25, -0.2) is 0 Å². The third kappa shape index (κ3) is 3.14. The largest absolute Gasteiger partial charge is 0.135 e. The van der Waals surface area contributed by atoms with Gasteiger partial charge >= 0.3 is 0 Å². The van der Waals surface area contributed by atoms with Crippen molar-refractivity contribution in [3.63, 3.8) is 0 Å². The second kappa shape index (κ2) is 7.11. The summed E-state index contributed by atoms with van der Waals surface area (Å²) in [6, 6.07) is 7.04. The number of hydrogen-bond donors (Lipinski definition) is 0. The van der Waals surface area contributed by atoms with Gasteiger partial charge in [0, 0.05) is 20.2 Å². The highest BCUT2D eigenvalue weighted by Gasteiger charge is 2.25. The molecule has 0 radical (unpaired) electrons. The molecule has 0 nitrogen and oxygen atoms in total. The van der Waals surface area contributed by atoms with Gasteiger partial charge in [0.1, 0.15) is 0 Å². The number of benzene rings is 4. The Hall–Kier alpha value is -2.90. The number of fused-ring (bicyclic) bond motifs is 3. The van der Waals surface area contributed by atoms with Crippen molar-refractivity contribution in [2.24, 2.45) is 0 Å². The molecule has 0 atom stereocenters. The Balaban J connectivity index is 2.03. The Morgan fingerprint density at radius 1 is 0.733 bits per heavy atom. The summed E-state index contributed by atoms with van der Waals surface area (Å²) in [4.78, 5) is 0. The lowest BCUT2D eigenvalue weighted by Gasteiger charge is -2.25. The average Bonchev–Trinajstić information content (AvgIpc) is 3.27. The van der Waals surface area contributed by atoms with Crippen LogP contribution in [0.15, 0.2) is 84.7 Å². The zero-order chi connectivity index (χ0) is 28.7. The smallest absolute Gasteiger partial charge is 0.0632 e. The molecule has 148 valence electrons. The molecule has 30 heavy (non-hydrogen) atoms. The minimum Gasteiger partial charge on any atom is -0.135 e. The zero-order valence-corrected chi connectivity index (χ0v) is 18.1. The van der Waals surface area contributed by atoms with Crippen LogP contribution in [0.4, 0.5) is 0 Å². The molecule has 0 aliphatic carbocycles. The van der Waals surface area contributed by atoms with Crippen LogP contribution >= 0.6 is 11.3 Å². The molecule has 1 aromatic heterocycles. The molecule has 0 spiro atoms. The first-order chi connectivity index (χ1) is 18.2. The Bertz CT molecular complexity index is 1790. The van der Waals surface area contributed by atoms with E-state index in [1.54, 1.807) is 13.0 Å². The number of hydrogen-bond acceptors (Lipinski definition) is 1. The number of rotatable bonds is 2. The molecule has 4 aromatic carbocycles. The van der Waals surface area contributed by atoms with E-state index < -0.39 is 23.5 Å². The highest BCUT2D eigenvalue weighted by Crippen LogP contribution is 2.47. The van der Waals surface area contributed by atoms with Crippen molar-refractivity contribution < 1.29 is 12.3 Å². The molecule has 0 saturated heterocycles. The Labute approximate surface area is 195 Å². The summed E-state index contributed by atoms with van der Waals surface area (Å²) in [5, 5.41) is 1.58. The average molecular weight is 416 g/mol. The fraction of sp³-hybridized carbons (Fsp3) is 0.172. The molecule has 0 bridgehead atoms. The maximum Gasteiger partial charge on any atom is 0.0632 e. The minimum atomic E-state index is -0.496. The molecular weight excluding hydrogens is 380 g/mol. The fourth-order valence-corrected chi connectivity index (χ4v) is 5.20. The highest BCUT2D eigenvalue weighted by atomic mass is 32.1. The van der Waals surface area contributed by atoms with Crippen molar-refractivity contribution in [1.29, 1.82) is 0 Å². The van der Waals surface area contributed by atoms with Gasteiger partial charge in [-0.3, -0.25) is 0 Å². The predicted molar refractivity (Wildman–Crippen MR) is 134 cm³/mol. The Morgan fingerprint density at radius 3 is 2.23 bits per heavy atom. The third-order valence-corrected chi connectivity index (χ3v) is 6.32. The van der Waals surface area contributed by atoms with E-state index in [9.17, 15) is 0 Å². The maximum absolute atomic E-state index is 8.82. The van der Waals surface area contributed by atoms with Gasteiger partial charge in [-0.2, -0.15) is 0 Å². The van der Waals surface area contributed by atoms with Gasteiger partial charge < -0.3 is 0 Å². The van der Waals surface area contributed by atoms with E-state index in [0.717, 1.165) is 25.7 Å².